The van der Waals surface area contributed by atoms with Gasteiger partial charge in [-0.25, -0.2) is 0 Å². The summed E-state index contributed by atoms with van der Waals surface area (Å²) >= 11 is 0. The van der Waals surface area contributed by atoms with Gasteiger partial charge in [0, 0.05) is 0 Å². The molecule has 0 aliphatic carbocycles. The van der Waals surface area contributed by atoms with E-state index in [1.807, 2.05) is 20.8 Å². The van der Waals surface area contributed by atoms with Crippen LogP contribution in [0.3, 0.4) is 0 Å². The first-order valence-electron chi connectivity index (χ1n) is 5.98. The third-order valence-electron chi connectivity index (χ3n) is 2.17. The molecule has 0 aromatic carbocycles. The quantitative estimate of drug-likeness (QED) is 0.825. The van der Waals surface area contributed by atoms with E-state index in [0.29, 0.717) is 17.4 Å². The molecule has 0 aliphatic heterocycles. The first kappa shape index (κ1) is 13.5. The maximum absolute atomic E-state index is 5.90. The molecule has 5 nitrogen and oxygen atoms in total. The average Bonchev–Trinajstić information content (AvgIpc) is 2.23. The molecule has 1 heterocycles. The average molecular weight is 239 g/mol. The number of hydrogen-bond acceptors (Lipinski definition) is 5. The van der Waals surface area contributed by atoms with Crippen molar-refractivity contribution in [3.63, 3.8) is 0 Å². The fraction of sp³-hybridized carbons (Fsp3) is 0.667. The molecule has 0 saturated heterocycles. The molecule has 96 valence electrons. The normalized spacial score (nSPS) is 12.5. The zero-order valence-electron chi connectivity index (χ0n) is 10.9. The minimum absolute atomic E-state index is 0.0214. The largest absolute Gasteiger partial charge is 0.473 e. The second-order valence-electron chi connectivity index (χ2n) is 4.28. The summed E-state index contributed by atoms with van der Waals surface area (Å²) in [4.78, 5) is 8.02. The smallest absolute Gasteiger partial charge is 0.244 e. The third-order valence-corrected chi connectivity index (χ3v) is 2.17. The van der Waals surface area contributed by atoms with Crippen molar-refractivity contribution in [1.82, 2.24) is 9.97 Å². The summed E-state index contributed by atoms with van der Waals surface area (Å²) in [7, 11) is 0. The summed E-state index contributed by atoms with van der Waals surface area (Å²) in [6.07, 6.45) is 3.53. The topological polar surface area (TPSA) is 70.3 Å². The molecule has 1 rings (SSSR count). The molecule has 17 heavy (non-hydrogen) atoms. The minimum atomic E-state index is 0.0214. The molecule has 0 radical (unpaired) electrons. The Morgan fingerprint density at radius 1 is 1.18 bits per heavy atom. The number of anilines is 1. The van der Waals surface area contributed by atoms with Crippen molar-refractivity contribution >= 4 is 5.69 Å². The Kier molecular flexibility index (Phi) is 5.00. The molecular weight excluding hydrogens is 218 g/mol. The van der Waals surface area contributed by atoms with E-state index in [-0.39, 0.29) is 12.2 Å². The molecule has 0 bridgehead atoms. The number of nitrogen functional groups attached to an aromatic ring is 1. The Labute approximate surface area is 102 Å². The van der Waals surface area contributed by atoms with Crippen molar-refractivity contribution in [2.75, 3.05) is 5.73 Å². The van der Waals surface area contributed by atoms with Crippen LogP contribution in [0, 0.1) is 0 Å². The highest BCUT2D eigenvalue weighted by Crippen LogP contribution is 2.28. The van der Waals surface area contributed by atoms with Gasteiger partial charge in [-0.05, 0) is 27.2 Å². The fourth-order valence-electron chi connectivity index (χ4n) is 1.43. The Hall–Kier alpha value is -1.52. The molecule has 1 aromatic rings. The van der Waals surface area contributed by atoms with Gasteiger partial charge in [-0.2, -0.15) is 9.97 Å². The lowest BCUT2D eigenvalue weighted by atomic mass is 10.2. The monoisotopic (exact) mass is 239 g/mol. The Bertz CT molecular complexity index is 356. The van der Waals surface area contributed by atoms with Crippen LogP contribution in [0.5, 0.6) is 11.8 Å². The van der Waals surface area contributed by atoms with Crippen molar-refractivity contribution in [1.29, 1.82) is 0 Å². The van der Waals surface area contributed by atoms with E-state index in [0.717, 1.165) is 12.8 Å². The van der Waals surface area contributed by atoms with Crippen LogP contribution >= 0.6 is 0 Å². The summed E-state index contributed by atoms with van der Waals surface area (Å²) in [6.45, 7) is 7.94. The van der Waals surface area contributed by atoms with E-state index in [9.17, 15) is 0 Å². The highest BCUT2D eigenvalue weighted by atomic mass is 16.5. The lowest BCUT2D eigenvalue weighted by Crippen LogP contribution is -2.15. The standard InChI is InChI=1S/C12H21N3O2/c1-5-6-9(4)17-12-10(13)11(14-7-15-12)16-8(2)3/h7-9H,5-6,13H2,1-4H3. The molecule has 1 unspecified atom stereocenters. The molecule has 1 aromatic heterocycles. The van der Waals surface area contributed by atoms with Crippen LogP contribution in [-0.4, -0.2) is 22.2 Å². The fourth-order valence-corrected chi connectivity index (χ4v) is 1.43. The number of nitrogens with zero attached hydrogens (tertiary/aromatic N) is 2. The van der Waals surface area contributed by atoms with Crippen LogP contribution in [0.25, 0.3) is 0 Å². The highest BCUT2D eigenvalue weighted by molar-refractivity contribution is 5.55. The van der Waals surface area contributed by atoms with Crippen LogP contribution in [0.2, 0.25) is 0 Å². The minimum Gasteiger partial charge on any atom is -0.473 e. The number of hydrogen-bond donors (Lipinski definition) is 1. The zero-order chi connectivity index (χ0) is 12.8. The Balaban J connectivity index is 2.79. The predicted molar refractivity (Wildman–Crippen MR) is 67.2 cm³/mol. The molecule has 5 heteroatoms. The number of nitrogens with two attached hydrogens (primary N) is 1. The molecule has 0 spiro atoms. The number of aromatic nitrogens is 2. The Morgan fingerprint density at radius 3 is 2.29 bits per heavy atom. The van der Waals surface area contributed by atoms with E-state index in [2.05, 4.69) is 16.9 Å². The van der Waals surface area contributed by atoms with Crippen LogP contribution in [0.4, 0.5) is 5.69 Å². The van der Waals surface area contributed by atoms with Gasteiger partial charge in [-0.15, -0.1) is 0 Å². The van der Waals surface area contributed by atoms with Gasteiger partial charge in [0.2, 0.25) is 11.8 Å². The van der Waals surface area contributed by atoms with Crippen LogP contribution < -0.4 is 15.2 Å². The predicted octanol–water partition coefficient (Wildman–Crippen LogP) is 2.41. The maximum Gasteiger partial charge on any atom is 0.244 e. The van der Waals surface area contributed by atoms with Gasteiger partial charge in [-0.3, -0.25) is 0 Å². The maximum atomic E-state index is 5.90. The summed E-state index contributed by atoms with van der Waals surface area (Å²) in [5.41, 5.74) is 6.27. The van der Waals surface area contributed by atoms with Crippen LogP contribution in [-0.2, 0) is 0 Å². The van der Waals surface area contributed by atoms with Gasteiger partial charge >= 0.3 is 0 Å². The molecule has 0 aliphatic rings. The number of ether oxygens (including phenoxy) is 2. The summed E-state index contributed by atoms with van der Waals surface area (Å²) in [6, 6.07) is 0. The molecule has 0 amide bonds. The van der Waals surface area contributed by atoms with E-state index >= 15 is 0 Å². The van der Waals surface area contributed by atoms with Gasteiger partial charge < -0.3 is 15.2 Å². The van der Waals surface area contributed by atoms with Crippen LogP contribution in [0.15, 0.2) is 6.33 Å². The SMILES string of the molecule is CCCC(C)Oc1ncnc(OC(C)C)c1N. The number of rotatable bonds is 6. The third kappa shape index (κ3) is 4.09. The lowest BCUT2D eigenvalue weighted by Gasteiger charge is -2.16. The summed E-state index contributed by atoms with van der Waals surface area (Å²) in [5, 5.41) is 0. The highest BCUT2D eigenvalue weighted by Gasteiger charge is 2.13. The molecular formula is C12H21N3O2. The van der Waals surface area contributed by atoms with Gasteiger partial charge in [-0.1, -0.05) is 13.3 Å². The van der Waals surface area contributed by atoms with E-state index in [4.69, 9.17) is 15.2 Å². The van der Waals surface area contributed by atoms with Crippen molar-refractivity contribution in [3.05, 3.63) is 6.33 Å². The van der Waals surface area contributed by atoms with Crippen molar-refractivity contribution in [2.24, 2.45) is 0 Å². The zero-order valence-corrected chi connectivity index (χ0v) is 10.9. The lowest BCUT2D eigenvalue weighted by molar-refractivity contribution is 0.197. The molecule has 0 fully saturated rings. The van der Waals surface area contributed by atoms with Gasteiger partial charge in [0.15, 0.2) is 5.69 Å². The summed E-state index contributed by atoms with van der Waals surface area (Å²) < 4.78 is 11.1. The van der Waals surface area contributed by atoms with Crippen molar-refractivity contribution < 1.29 is 9.47 Å². The van der Waals surface area contributed by atoms with Gasteiger partial charge in [0.05, 0.1) is 12.2 Å². The van der Waals surface area contributed by atoms with Crippen LogP contribution in [0.1, 0.15) is 40.5 Å². The van der Waals surface area contributed by atoms with E-state index in [1.165, 1.54) is 6.33 Å². The van der Waals surface area contributed by atoms with Crippen molar-refractivity contribution in [3.8, 4) is 11.8 Å². The molecule has 2 N–H and O–H groups in total. The molecule has 0 saturated carbocycles. The van der Waals surface area contributed by atoms with Crippen molar-refractivity contribution in [2.45, 2.75) is 52.7 Å². The first-order valence-corrected chi connectivity index (χ1v) is 5.98. The Morgan fingerprint density at radius 2 is 1.76 bits per heavy atom. The summed E-state index contributed by atoms with van der Waals surface area (Å²) in [5.74, 6) is 0.783. The second kappa shape index (κ2) is 6.27. The van der Waals surface area contributed by atoms with Gasteiger partial charge in [0.1, 0.15) is 6.33 Å². The van der Waals surface area contributed by atoms with Gasteiger partial charge in [0.25, 0.3) is 0 Å². The van der Waals surface area contributed by atoms with E-state index < -0.39 is 0 Å². The second-order valence-corrected chi connectivity index (χ2v) is 4.28. The molecule has 1 atom stereocenters. The van der Waals surface area contributed by atoms with E-state index in [1.54, 1.807) is 0 Å². The first-order chi connectivity index (χ1) is 8.04.